The fourth-order valence-electron chi connectivity index (χ4n) is 0.885. The maximum atomic E-state index is 10.7. The Morgan fingerprint density at radius 1 is 1.23 bits per heavy atom. The molecule has 1 rings (SSSR count). The molecule has 0 amide bonds. The van der Waals surface area contributed by atoms with Crippen molar-refractivity contribution >= 4 is 43.7 Å². The molecule has 0 aliphatic rings. The van der Waals surface area contributed by atoms with E-state index < -0.39 is 0 Å². The van der Waals surface area contributed by atoms with Crippen LogP contribution in [-0.4, -0.2) is 5.78 Å². The highest BCUT2D eigenvalue weighted by Gasteiger charge is 1.94. The van der Waals surface area contributed by atoms with E-state index in [1.54, 1.807) is 12.2 Å². The van der Waals surface area contributed by atoms with Gasteiger partial charge in [-0.3, -0.25) is 4.79 Å². The van der Waals surface area contributed by atoms with Gasteiger partial charge in [0.05, 0.1) is 0 Å². The van der Waals surface area contributed by atoms with E-state index in [0.29, 0.717) is 0 Å². The van der Waals surface area contributed by atoms with Gasteiger partial charge in [-0.1, -0.05) is 37.9 Å². The van der Waals surface area contributed by atoms with Gasteiger partial charge in [0.15, 0.2) is 5.78 Å². The molecule has 0 atom stereocenters. The van der Waals surface area contributed by atoms with Crippen molar-refractivity contribution in [3.63, 3.8) is 0 Å². The van der Waals surface area contributed by atoms with Crippen LogP contribution in [0.15, 0.2) is 33.2 Å². The summed E-state index contributed by atoms with van der Waals surface area (Å²) in [6.45, 7) is 1.53. The maximum absolute atomic E-state index is 10.7. The van der Waals surface area contributed by atoms with Gasteiger partial charge in [0.1, 0.15) is 0 Å². The van der Waals surface area contributed by atoms with Crippen molar-refractivity contribution in [2.24, 2.45) is 0 Å². The molecule has 0 aliphatic heterocycles. The molecule has 1 aromatic rings. The average Bonchev–Trinajstić information content (AvgIpc) is 1.99. The number of carbonyl (C=O) groups excluding carboxylic acids is 1. The SMILES string of the molecule is CC(=O)/C=C/c1cc(Br)cc(Br)c1. The Morgan fingerprint density at radius 3 is 2.23 bits per heavy atom. The topological polar surface area (TPSA) is 17.1 Å². The van der Waals surface area contributed by atoms with Gasteiger partial charge < -0.3 is 0 Å². The summed E-state index contributed by atoms with van der Waals surface area (Å²) < 4.78 is 1.98. The van der Waals surface area contributed by atoms with E-state index in [9.17, 15) is 4.79 Å². The Labute approximate surface area is 94.1 Å². The largest absolute Gasteiger partial charge is 0.295 e. The molecular formula is C10H8Br2O. The van der Waals surface area contributed by atoms with Gasteiger partial charge in [0.2, 0.25) is 0 Å². The fraction of sp³-hybridized carbons (Fsp3) is 0.100. The summed E-state index contributed by atoms with van der Waals surface area (Å²) in [7, 11) is 0. The molecule has 0 saturated heterocycles. The highest BCUT2D eigenvalue weighted by molar-refractivity contribution is 9.11. The van der Waals surface area contributed by atoms with Crippen molar-refractivity contribution < 1.29 is 4.79 Å². The van der Waals surface area contributed by atoms with Gasteiger partial charge in [0, 0.05) is 8.95 Å². The molecule has 0 spiro atoms. The second-order valence-electron chi connectivity index (χ2n) is 2.65. The first-order chi connectivity index (χ1) is 6.08. The van der Waals surface area contributed by atoms with Gasteiger partial charge in [0.25, 0.3) is 0 Å². The first kappa shape index (κ1) is 10.7. The summed E-state index contributed by atoms with van der Waals surface area (Å²) in [6, 6.07) is 5.85. The highest BCUT2D eigenvalue weighted by Crippen LogP contribution is 2.20. The quantitative estimate of drug-likeness (QED) is 0.759. The van der Waals surface area contributed by atoms with Crippen LogP contribution in [0.1, 0.15) is 12.5 Å². The molecule has 0 N–H and O–H groups in total. The van der Waals surface area contributed by atoms with Crippen molar-refractivity contribution in [2.45, 2.75) is 6.92 Å². The maximum Gasteiger partial charge on any atom is 0.152 e. The molecule has 1 nitrogen and oxygen atoms in total. The first-order valence-electron chi connectivity index (χ1n) is 3.72. The number of benzene rings is 1. The minimum Gasteiger partial charge on any atom is -0.295 e. The predicted molar refractivity (Wildman–Crippen MR) is 61.6 cm³/mol. The molecule has 0 unspecified atom stereocenters. The Bertz CT molecular complexity index is 336. The van der Waals surface area contributed by atoms with Crippen LogP contribution in [0.5, 0.6) is 0 Å². The van der Waals surface area contributed by atoms with Crippen LogP contribution in [0.3, 0.4) is 0 Å². The van der Waals surface area contributed by atoms with Crippen LogP contribution >= 0.6 is 31.9 Å². The van der Waals surface area contributed by atoms with Crippen LogP contribution in [0.25, 0.3) is 6.08 Å². The van der Waals surface area contributed by atoms with Crippen LogP contribution in [-0.2, 0) is 4.79 Å². The molecule has 0 saturated carbocycles. The zero-order chi connectivity index (χ0) is 9.84. The molecule has 68 valence electrons. The Morgan fingerprint density at radius 2 is 1.77 bits per heavy atom. The van der Waals surface area contributed by atoms with Crippen LogP contribution in [0.2, 0.25) is 0 Å². The number of ketones is 1. The Hall–Kier alpha value is -0.410. The van der Waals surface area contributed by atoms with Crippen LogP contribution < -0.4 is 0 Å². The lowest BCUT2D eigenvalue weighted by atomic mass is 10.2. The molecule has 0 heterocycles. The van der Waals surface area contributed by atoms with Crippen LogP contribution in [0, 0.1) is 0 Å². The second kappa shape index (κ2) is 4.72. The highest BCUT2D eigenvalue weighted by atomic mass is 79.9. The summed E-state index contributed by atoms with van der Waals surface area (Å²) in [5.41, 5.74) is 0.997. The van der Waals surface area contributed by atoms with E-state index in [1.807, 2.05) is 18.2 Å². The molecular weight excluding hydrogens is 296 g/mol. The van der Waals surface area contributed by atoms with E-state index in [4.69, 9.17) is 0 Å². The Balaban J connectivity index is 2.95. The minimum atomic E-state index is 0.0519. The average molecular weight is 304 g/mol. The third-order valence-electron chi connectivity index (χ3n) is 1.40. The van der Waals surface area contributed by atoms with Crippen molar-refractivity contribution in [2.75, 3.05) is 0 Å². The fourth-order valence-corrected chi connectivity index (χ4v) is 2.21. The summed E-state index contributed by atoms with van der Waals surface area (Å²) >= 11 is 6.74. The lowest BCUT2D eigenvalue weighted by molar-refractivity contribution is -0.112. The predicted octanol–water partition coefficient (Wildman–Crippen LogP) is 3.81. The van der Waals surface area contributed by atoms with E-state index in [2.05, 4.69) is 31.9 Å². The minimum absolute atomic E-state index is 0.0519. The van der Waals surface area contributed by atoms with Gasteiger partial charge in [-0.25, -0.2) is 0 Å². The van der Waals surface area contributed by atoms with Gasteiger partial charge in [-0.15, -0.1) is 0 Å². The van der Waals surface area contributed by atoms with Crippen LogP contribution in [0.4, 0.5) is 0 Å². The molecule has 0 aromatic heterocycles. The number of carbonyl (C=O) groups is 1. The lowest BCUT2D eigenvalue weighted by Gasteiger charge is -1.96. The zero-order valence-corrected chi connectivity index (χ0v) is 10.2. The Kier molecular flexibility index (Phi) is 3.88. The summed E-state index contributed by atoms with van der Waals surface area (Å²) in [5.74, 6) is 0.0519. The molecule has 0 aliphatic carbocycles. The zero-order valence-electron chi connectivity index (χ0n) is 7.05. The number of rotatable bonds is 2. The molecule has 1 aromatic carbocycles. The number of hydrogen-bond acceptors (Lipinski definition) is 1. The van der Waals surface area contributed by atoms with Crippen molar-refractivity contribution in [3.8, 4) is 0 Å². The van der Waals surface area contributed by atoms with E-state index in [1.165, 1.54) is 6.92 Å². The molecule has 3 heteroatoms. The third-order valence-corrected chi connectivity index (χ3v) is 2.31. The summed E-state index contributed by atoms with van der Waals surface area (Å²) in [4.78, 5) is 10.7. The van der Waals surface area contributed by atoms with Gasteiger partial charge in [-0.05, 0) is 36.8 Å². The third kappa shape index (κ3) is 3.87. The second-order valence-corrected chi connectivity index (χ2v) is 4.48. The summed E-state index contributed by atoms with van der Waals surface area (Å²) in [6.07, 6.45) is 3.34. The lowest BCUT2D eigenvalue weighted by Crippen LogP contribution is -1.80. The summed E-state index contributed by atoms with van der Waals surface area (Å²) in [5, 5.41) is 0. The van der Waals surface area contributed by atoms with E-state index >= 15 is 0 Å². The normalized spacial score (nSPS) is 10.7. The van der Waals surface area contributed by atoms with Gasteiger partial charge >= 0.3 is 0 Å². The number of hydrogen-bond donors (Lipinski definition) is 0. The number of halogens is 2. The van der Waals surface area contributed by atoms with Crippen molar-refractivity contribution in [1.29, 1.82) is 0 Å². The number of allylic oxidation sites excluding steroid dienone is 1. The van der Waals surface area contributed by atoms with Crippen molar-refractivity contribution in [3.05, 3.63) is 38.8 Å². The van der Waals surface area contributed by atoms with Crippen molar-refractivity contribution in [1.82, 2.24) is 0 Å². The standard InChI is InChI=1S/C10H8Br2O/c1-7(13)2-3-8-4-9(11)6-10(12)5-8/h2-6H,1H3/b3-2+. The monoisotopic (exact) mass is 302 g/mol. The molecule has 0 bridgehead atoms. The molecule has 13 heavy (non-hydrogen) atoms. The molecule has 0 radical (unpaired) electrons. The van der Waals surface area contributed by atoms with Gasteiger partial charge in [-0.2, -0.15) is 0 Å². The molecule has 0 fully saturated rings. The smallest absolute Gasteiger partial charge is 0.152 e. The van der Waals surface area contributed by atoms with E-state index in [0.717, 1.165) is 14.5 Å². The van der Waals surface area contributed by atoms with E-state index in [-0.39, 0.29) is 5.78 Å². The first-order valence-corrected chi connectivity index (χ1v) is 5.31.